The Bertz CT molecular complexity index is 1320. The lowest BCUT2D eigenvalue weighted by atomic mass is 9.71. The lowest BCUT2D eigenvalue weighted by molar-refractivity contribution is 0.0218. The van der Waals surface area contributed by atoms with Crippen molar-refractivity contribution in [2.24, 2.45) is 21.8 Å². The summed E-state index contributed by atoms with van der Waals surface area (Å²) >= 11 is 0. The van der Waals surface area contributed by atoms with Crippen LogP contribution in [0, 0.1) is 11.8 Å². The normalized spacial score (nSPS) is 24.5. The molecule has 2 N–H and O–H groups in total. The first-order valence-corrected chi connectivity index (χ1v) is 15.0. The Morgan fingerprint density at radius 2 is 2.05 bits per heavy atom. The Morgan fingerprint density at radius 3 is 2.90 bits per heavy atom. The average Bonchev–Trinajstić information content (AvgIpc) is 3.36. The molecule has 0 fully saturated rings. The molecular weight excluding hydrogens is 486 g/mol. The molecule has 206 valence electrons. The van der Waals surface area contributed by atoms with E-state index in [4.69, 9.17) is 19.1 Å². The largest absolute Gasteiger partial charge is 0.507 e. The fourth-order valence-electron chi connectivity index (χ4n) is 6.66. The maximum Gasteiger partial charge on any atom is 0.228 e. The molecule has 0 spiro atoms. The van der Waals surface area contributed by atoms with Crippen molar-refractivity contribution in [1.82, 2.24) is 5.32 Å². The van der Waals surface area contributed by atoms with E-state index >= 15 is 0 Å². The second kappa shape index (κ2) is 11.5. The number of aliphatic imine (C=N–C) groups is 2. The number of allylic oxidation sites excluding steroid dienone is 2. The maximum atomic E-state index is 10.6. The monoisotopic (exact) mass is 527 g/mol. The summed E-state index contributed by atoms with van der Waals surface area (Å²) in [5.74, 6) is 5.37. The third-order valence-electron chi connectivity index (χ3n) is 8.93. The van der Waals surface area contributed by atoms with Crippen LogP contribution in [0.25, 0.3) is 6.08 Å². The van der Waals surface area contributed by atoms with Gasteiger partial charge in [-0.25, -0.2) is 9.98 Å². The van der Waals surface area contributed by atoms with Crippen LogP contribution in [0.5, 0.6) is 5.75 Å². The molecule has 0 radical (unpaired) electrons. The minimum atomic E-state index is -0.551. The van der Waals surface area contributed by atoms with Crippen LogP contribution in [0.15, 0.2) is 56.4 Å². The Labute approximate surface area is 232 Å². The number of unbranched alkanes of at least 4 members (excludes halogenated alkanes) is 1. The van der Waals surface area contributed by atoms with Crippen molar-refractivity contribution in [1.29, 1.82) is 0 Å². The highest BCUT2D eigenvalue weighted by Crippen LogP contribution is 2.47. The van der Waals surface area contributed by atoms with E-state index in [9.17, 15) is 5.11 Å². The number of amidine groups is 2. The second-order valence-corrected chi connectivity index (χ2v) is 11.4. The number of hydrogen-bond donors (Lipinski definition) is 2. The molecule has 0 saturated carbocycles. The number of benzene rings is 1. The van der Waals surface area contributed by atoms with Gasteiger partial charge in [0, 0.05) is 17.5 Å². The Morgan fingerprint density at radius 1 is 1.15 bits per heavy atom. The van der Waals surface area contributed by atoms with Gasteiger partial charge in [0.1, 0.15) is 23.1 Å². The number of fused-ring (bicyclic) bond motifs is 5. The Kier molecular flexibility index (Phi) is 7.73. The predicted octanol–water partition coefficient (Wildman–Crippen LogP) is 7.28. The third-order valence-corrected chi connectivity index (χ3v) is 8.93. The molecule has 1 aromatic heterocycles. The van der Waals surface area contributed by atoms with E-state index in [0.717, 1.165) is 55.7 Å². The molecule has 2 aromatic rings. The molecule has 3 aliphatic carbocycles. The molecule has 4 atom stereocenters. The van der Waals surface area contributed by atoms with Gasteiger partial charge in [0.15, 0.2) is 5.84 Å². The van der Waals surface area contributed by atoms with Crippen molar-refractivity contribution in [3.8, 4) is 5.75 Å². The summed E-state index contributed by atoms with van der Waals surface area (Å²) in [4.78, 5) is 9.67. The number of aromatic hydroxyl groups is 1. The number of para-hydroxylation sites is 1. The van der Waals surface area contributed by atoms with Crippen LogP contribution < -0.4 is 5.32 Å². The van der Waals surface area contributed by atoms with Crippen molar-refractivity contribution >= 4 is 17.7 Å². The smallest absolute Gasteiger partial charge is 0.228 e. The number of nitrogens with one attached hydrogen (secondary N) is 1. The summed E-state index contributed by atoms with van der Waals surface area (Å²) in [6.45, 7) is 5.09. The van der Waals surface area contributed by atoms with E-state index < -0.39 is 6.35 Å². The minimum Gasteiger partial charge on any atom is -0.507 e. The number of ether oxygens (including phenoxy) is 1. The predicted molar refractivity (Wildman–Crippen MR) is 156 cm³/mol. The highest BCUT2D eigenvalue weighted by atomic mass is 16.5. The van der Waals surface area contributed by atoms with Crippen LogP contribution in [0.4, 0.5) is 0 Å². The van der Waals surface area contributed by atoms with Gasteiger partial charge in [-0.15, -0.1) is 0 Å². The summed E-state index contributed by atoms with van der Waals surface area (Å²) in [5, 5.41) is 14.0. The van der Waals surface area contributed by atoms with Crippen molar-refractivity contribution < 1.29 is 14.3 Å². The first kappa shape index (κ1) is 26.1. The number of aryl methyl sites for hydroxylation is 1. The highest BCUT2D eigenvalue weighted by Gasteiger charge is 2.36. The van der Waals surface area contributed by atoms with E-state index in [1.54, 1.807) is 6.07 Å². The zero-order valence-electron chi connectivity index (χ0n) is 23.3. The van der Waals surface area contributed by atoms with Crippen LogP contribution in [0.1, 0.15) is 99.3 Å². The summed E-state index contributed by atoms with van der Waals surface area (Å²) in [7, 11) is 0. The SMILES string of the molecule is CCCCC(CC)COC1N=C(c2ccccc2O)N=C(C2=Cc3oc4c(c3CC2)C2CCC=CC2CC4)N1. The first-order valence-electron chi connectivity index (χ1n) is 15.0. The van der Waals surface area contributed by atoms with Gasteiger partial charge in [-0.1, -0.05) is 57.4 Å². The summed E-state index contributed by atoms with van der Waals surface area (Å²) in [6.07, 6.45) is 17.5. The molecule has 1 aromatic carbocycles. The second-order valence-electron chi connectivity index (χ2n) is 11.4. The van der Waals surface area contributed by atoms with Crippen LogP contribution >= 0.6 is 0 Å². The Balaban J connectivity index is 1.29. The zero-order valence-corrected chi connectivity index (χ0v) is 23.3. The molecule has 0 saturated heterocycles. The molecule has 6 heteroatoms. The van der Waals surface area contributed by atoms with Gasteiger partial charge in [0.25, 0.3) is 0 Å². The van der Waals surface area contributed by atoms with Crippen molar-refractivity contribution in [2.45, 2.75) is 90.3 Å². The van der Waals surface area contributed by atoms with E-state index in [0.29, 0.717) is 35.8 Å². The lowest BCUT2D eigenvalue weighted by Crippen LogP contribution is -2.42. The van der Waals surface area contributed by atoms with Crippen molar-refractivity contribution in [2.75, 3.05) is 6.61 Å². The standard InChI is InChI=1S/C33H41N3O3/c1-3-5-10-21(4-2)20-38-33-35-31(34-32(36-33)25-13-8-9-14-27(25)37)23-15-17-26-29(19-23)39-28-18-16-22-11-6-7-12-24(22)30(26)28/h6,8-9,11,13-14,19,21-22,24,33,37H,3-5,7,10,12,15-18,20H2,1-2H3,(H,34,35,36). The van der Waals surface area contributed by atoms with E-state index in [1.165, 1.54) is 42.6 Å². The van der Waals surface area contributed by atoms with Gasteiger partial charge in [-0.05, 0) is 80.1 Å². The van der Waals surface area contributed by atoms with Gasteiger partial charge in [0.05, 0.1) is 12.2 Å². The molecule has 4 aliphatic rings. The average molecular weight is 528 g/mol. The molecule has 1 aliphatic heterocycles. The number of nitrogens with zero attached hydrogens (tertiary/aromatic N) is 2. The van der Waals surface area contributed by atoms with Gasteiger partial charge >= 0.3 is 0 Å². The summed E-state index contributed by atoms with van der Waals surface area (Å²) in [6, 6.07) is 7.25. The third kappa shape index (κ3) is 5.36. The van der Waals surface area contributed by atoms with E-state index in [-0.39, 0.29) is 5.75 Å². The minimum absolute atomic E-state index is 0.170. The molecule has 0 bridgehead atoms. The summed E-state index contributed by atoms with van der Waals surface area (Å²) in [5.41, 5.74) is 4.61. The van der Waals surface area contributed by atoms with Gasteiger partial charge in [-0.2, -0.15) is 0 Å². The van der Waals surface area contributed by atoms with Crippen molar-refractivity contribution in [3.63, 3.8) is 0 Å². The first-order chi connectivity index (χ1) is 19.1. The molecule has 0 amide bonds. The molecule has 2 heterocycles. The molecular formula is C33H41N3O3. The lowest BCUT2D eigenvalue weighted by Gasteiger charge is -2.32. The molecule has 39 heavy (non-hydrogen) atoms. The fourth-order valence-corrected chi connectivity index (χ4v) is 6.66. The van der Waals surface area contributed by atoms with E-state index in [1.807, 2.05) is 18.2 Å². The van der Waals surface area contributed by atoms with Crippen LogP contribution in [0.3, 0.4) is 0 Å². The fraction of sp³-hybridized carbons (Fsp3) is 0.515. The molecule has 4 unspecified atom stereocenters. The van der Waals surface area contributed by atoms with Gasteiger partial charge in [-0.3, -0.25) is 0 Å². The van der Waals surface area contributed by atoms with Crippen molar-refractivity contribution in [3.05, 3.63) is 70.2 Å². The Hall–Kier alpha value is -3.12. The number of furan rings is 1. The van der Waals surface area contributed by atoms with E-state index in [2.05, 4.69) is 37.4 Å². The zero-order chi connectivity index (χ0) is 26.8. The van der Waals surface area contributed by atoms with Crippen LogP contribution in [-0.4, -0.2) is 29.7 Å². The number of rotatable bonds is 9. The van der Waals surface area contributed by atoms with Gasteiger partial charge < -0.3 is 19.6 Å². The number of hydrogen-bond acceptors (Lipinski definition) is 6. The summed E-state index contributed by atoms with van der Waals surface area (Å²) < 4.78 is 12.8. The highest BCUT2D eigenvalue weighted by molar-refractivity contribution is 6.15. The molecule has 6 nitrogen and oxygen atoms in total. The number of phenols is 1. The quantitative estimate of drug-likeness (QED) is 0.336. The van der Waals surface area contributed by atoms with Crippen LogP contribution in [0.2, 0.25) is 0 Å². The number of phenolic OH excluding ortho intramolecular Hbond substituents is 1. The maximum absolute atomic E-state index is 10.6. The van der Waals surface area contributed by atoms with Gasteiger partial charge in [0.2, 0.25) is 6.35 Å². The van der Waals surface area contributed by atoms with Crippen LogP contribution in [-0.2, 0) is 17.6 Å². The molecule has 6 rings (SSSR count). The topological polar surface area (TPSA) is 79.3 Å².